The van der Waals surface area contributed by atoms with E-state index in [2.05, 4.69) is 11.8 Å². The topological polar surface area (TPSA) is 6.48 Å². The van der Waals surface area contributed by atoms with Gasteiger partial charge in [0.2, 0.25) is 0 Å². The number of fused-ring (bicyclic) bond motifs is 1. The summed E-state index contributed by atoms with van der Waals surface area (Å²) in [7, 11) is 0. The average molecular weight is 232 g/mol. The lowest BCUT2D eigenvalue weighted by Gasteiger charge is -2.48. The summed E-state index contributed by atoms with van der Waals surface area (Å²) in [6, 6.07) is 0.874. The van der Waals surface area contributed by atoms with Crippen LogP contribution in [0.4, 0.5) is 8.78 Å². The number of nitrogens with zero attached hydrogens (tertiary/aromatic N) is 2. The second kappa shape index (κ2) is 5.41. The molecule has 2 fully saturated rings. The predicted molar refractivity (Wildman–Crippen MR) is 60.9 cm³/mol. The Hall–Kier alpha value is -0.220. The number of piperazine rings is 1. The zero-order valence-corrected chi connectivity index (χ0v) is 10.0. The van der Waals surface area contributed by atoms with Crippen LogP contribution in [0.1, 0.15) is 32.6 Å². The summed E-state index contributed by atoms with van der Waals surface area (Å²) in [6.07, 6.45) is 2.53. The monoisotopic (exact) mass is 232 g/mol. The van der Waals surface area contributed by atoms with Gasteiger partial charge in [0.25, 0.3) is 6.43 Å². The molecule has 2 unspecified atom stereocenters. The minimum Gasteiger partial charge on any atom is -0.298 e. The van der Waals surface area contributed by atoms with Gasteiger partial charge in [-0.05, 0) is 25.8 Å². The molecule has 4 heteroatoms. The number of alkyl halides is 2. The van der Waals surface area contributed by atoms with Gasteiger partial charge in [0.15, 0.2) is 0 Å². The molecule has 0 N–H and O–H groups in total. The van der Waals surface area contributed by atoms with Crippen molar-refractivity contribution in [2.45, 2.75) is 51.1 Å². The summed E-state index contributed by atoms with van der Waals surface area (Å²) in [5, 5.41) is 0. The third-order valence-electron chi connectivity index (χ3n) is 4.00. The van der Waals surface area contributed by atoms with Crippen molar-refractivity contribution in [1.29, 1.82) is 0 Å². The highest BCUT2D eigenvalue weighted by atomic mass is 19.3. The SMILES string of the molecule is CCC1CN2CCCCC2CN1CC(F)F. The number of piperidine rings is 1. The molecule has 16 heavy (non-hydrogen) atoms. The Morgan fingerprint density at radius 3 is 2.75 bits per heavy atom. The molecule has 2 atom stereocenters. The van der Waals surface area contributed by atoms with Crippen LogP contribution in [0, 0.1) is 0 Å². The van der Waals surface area contributed by atoms with E-state index in [1.165, 1.54) is 25.8 Å². The van der Waals surface area contributed by atoms with Gasteiger partial charge in [0.1, 0.15) is 0 Å². The van der Waals surface area contributed by atoms with Crippen molar-refractivity contribution >= 4 is 0 Å². The Labute approximate surface area is 96.6 Å². The lowest BCUT2D eigenvalue weighted by molar-refractivity contribution is -0.0209. The zero-order valence-electron chi connectivity index (χ0n) is 10.0. The van der Waals surface area contributed by atoms with Crippen molar-refractivity contribution in [2.75, 3.05) is 26.2 Å². The normalized spacial score (nSPS) is 33.0. The fourth-order valence-electron chi connectivity index (χ4n) is 3.10. The van der Waals surface area contributed by atoms with Crippen LogP contribution < -0.4 is 0 Å². The molecular weight excluding hydrogens is 210 g/mol. The van der Waals surface area contributed by atoms with Gasteiger partial charge in [0, 0.05) is 25.2 Å². The first kappa shape index (κ1) is 12.2. The zero-order chi connectivity index (χ0) is 11.5. The number of hydrogen-bond donors (Lipinski definition) is 0. The van der Waals surface area contributed by atoms with Crippen LogP contribution in [0.15, 0.2) is 0 Å². The Bertz CT molecular complexity index is 223. The minimum absolute atomic E-state index is 0.0388. The molecule has 0 amide bonds. The van der Waals surface area contributed by atoms with Gasteiger partial charge < -0.3 is 0 Å². The maximum Gasteiger partial charge on any atom is 0.251 e. The van der Waals surface area contributed by atoms with Gasteiger partial charge in [-0.25, -0.2) is 8.78 Å². The van der Waals surface area contributed by atoms with E-state index in [0.717, 1.165) is 19.5 Å². The quantitative estimate of drug-likeness (QED) is 0.736. The van der Waals surface area contributed by atoms with Gasteiger partial charge >= 0.3 is 0 Å². The van der Waals surface area contributed by atoms with Crippen molar-refractivity contribution in [3.05, 3.63) is 0 Å². The third-order valence-corrected chi connectivity index (χ3v) is 4.00. The molecule has 0 saturated carbocycles. The second-order valence-electron chi connectivity index (χ2n) is 5.05. The van der Waals surface area contributed by atoms with Crippen LogP contribution in [0.5, 0.6) is 0 Å². The molecule has 0 aromatic rings. The number of halogens is 2. The highest BCUT2D eigenvalue weighted by Crippen LogP contribution is 2.25. The summed E-state index contributed by atoms with van der Waals surface area (Å²) >= 11 is 0. The van der Waals surface area contributed by atoms with Crippen LogP contribution in [-0.2, 0) is 0 Å². The molecule has 0 aromatic heterocycles. The fraction of sp³-hybridized carbons (Fsp3) is 1.00. The molecule has 94 valence electrons. The van der Waals surface area contributed by atoms with Crippen molar-refractivity contribution in [2.24, 2.45) is 0 Å². The average Bonchev–Trinajstić information content (AvgIpc) is 2.27. The first-order valence-corrected chi connectivity index (χ1v) is 6.47. The lowest BCUT2D eigenvalue weighted by Crippen LogP contribution is -2.60. The summed E-state index contributed by atoms with van der Waals surface area (Å²) in [6.45, 7) is 5.08. The highest BCUT2D eigenvalue weighted by molar-refractivity contribution is 4.90. The predicted octanol–water partition coefficient (Wildman–Crippen LogP) is 2.20. The largest absolute Gasteiger partial charge is 0.298 e. The molecule has 0 radical (unpaired) electrons. The Morgan fingerprint density at radius 2 is 2.06 bits per heavy atom. The standard InChI is InChI=1S/C12H22F2N2/c1-2-10-7-15-6-4-3-5-11(15)8-16(10)9-12(13)14/h10-12H,2-9H2,1H3. The number of rotatable bonds is 3. The van der Waals surface area contributed by atoms with Gasteiger partial charge in [-0.1, -0.05) is 13.3 Å². The van der Waals surface area contributed by atoms with Crippen molar-refractivity contribution in [3.63, 3.8) is 0 Å². The van der Waals surface area contributed by atoms with E-state index in [1.807, 2.05) is 4.90 Å². The van der Waals surface area contributed by atoms with Crippen LogP contribution in [0.2, 0.25) is 0 Å². The molecule has 0 aliphatic carbocycles. The second-order valence-corrected chi connectivity index (χ2v) is 5.05. The third kappa shape index (κ3) is 2.72. The Morgan fingerprint density at radius 1 is 1.25 bits per heavy atom. The van der Waals surface area contributed by atoms with Crippen LogP contribution >= 0.6 is 0 Å². The first-order chi connectivity index (χ1) is 7.70. The molecule has 2 heterocycles. The summed E-state index contributed by atoms with van der Waals surface area (Å²) < 4.78 is 25.0. The molecule has 2 aliphatic rings. The van der Waals surface area contributed by atoms with Gasteiger partial charge in [-0.3, -0.25) is 9.80 Å². The molecule has 2 nitrogen and oxygen atoms in total. The Balaban J connectivity index is 1.96. The molecule has 2 rings (SSSR count). The molecular formula is C12H22F2N2. The summed E-state index contributed by atoms with van der Waals surface area (Å²) in [5.41, 5.74) is 0. The molecule has 0 spiro atoms. The van der Waals surface area contributed by atoms with Crippen LogP contribution in [0.3, 0.4) is 0 Å². The first-order valence-electron chi connectivity index (χ1n) is 6.47. The van der Waals surface area contributed by atoms with E-state index >= 15 is 0 Å². The van der Waals surface area contributed by atoms with Gasteiger partial charge in [0.05, 0.1) is 6.54 Å². The maximum absolute atomic E-state index is 12.5. The molecule has 0 bridgehead atoms. The van der Waals surface area contributed by atoms with Crippen molar-refractivity contribution < 1.29 is 8.78 Å². The van der Waals surface area contributed by atoms with E-state index in [9.17, 15) is 8.78 Å². The minimum atomic E-state index is -2.19. The van der Waals surface area contributed by atoms with E-state index in [1.54, 1.807) is 0 Å². The van der Waals surface area contributed by atoms with E-state index in [-0.39, 0.29) is 6.54 Å². The van der Waals surface area contributed by atoms with Crippen LogP contribution in [-0.4, -0.2) is 54.5 Å². The number of hydrogen-bond acceptors (Lipinski definition) is 2. The molecule has 2 aliphatic heterocycles. The van der Waals surface area contributed by atoms with E-state index in [4.69, 9.17) is 0 Å². The van der Waals surface area contributed by atoms with Gasteiger partial charge in [-0.15, -0.1) is 0 Å². The van der Waals surface area contributed by atoms with Crippen LogP contribution in [0.25, 0.3) is 0 Å². The lowest BCUT2D eigenvalue weighted by atomic mass is 9.96. The van der Waals surface area contributed by atoms with Crippen molar-refractivity contribution in [3.8, 4) is 0 Å². The molecule has 2 saturated heterocycles. The van der Waals surface area contributed by atoms with Gasteiger partial charge in [-0.2, -0.15) is 0 Å². The summed E-state index contributed by atoms with van der Waals surface area (Å²) in [5.74, 6) is 0. The highest BCUT2D eigenvalue weighted by Gasteiger charge is 2.34. The van der Waals surface area contributed by atoms with E-state index in [0.29, 0.717) is 12.1 Å². The van der Waals surface area contributed by atoms with E-state index < -0.39 is 6.43 Å². The Kier molecular flexibility index (Phi) is 4.14. The fourth-order valence-corrected chi connectivity index (χ4v) is 3.10. The maximum atomic E-state index is 12.5. The molecule has 0 aromatic carbocycles. The van der Waals surface area contributed by atoms with Crippen molar-refractivity contribution in [1.82, 2.24) is 9.80 Å². The smallest absolute Gasteiger partial charge is 0.251 e. The summed E-state index contributed by atoms with van der Waals surface area (Å²) in [4.78, 5) is 4.52.